The molecule has 1 aromatic rings. The SMILES string of the molecule is Cn1c(CO)nc(Br)c1[N+](=O)[O-]. The normalized spacial score (nSPS) is 10.2. The summed E-state index contributed by atoms with van der Waals surface area (Å²) in [6.07, 6.45) is 0. The van der Waals surface area contributed by atoms with E-state index in [4.69, 9.17) is 5.11 Å². The third kappa shape index (κ3) is 1.32. The van der Waals surface area contributed by atoms with Gasteiger partial charge in [-0.2, -0.15) is 4.98 Å². The van der Waals surface area contributed by atoms with Crippen molar-refractivity contribution in [1.29, 1.82) is 0 Å². The molecule has 0 aliphatic heterocycles. The fourth-order valence-electron chi connectivity index (χ4n) is 0.838. The number of rotatable bonds is 2. The molecule has 0 aromatic carbocycles. The molecule has 0 amide bonds. The van der Waals surface area contributed by atoms with Crippen LogP contribution in [0.3, 0.4) is 0 Å². The average Bonchev–Trinajstić information content (AvgIpc) is 2.25. The number of nitrogens with zero attached hydrogens (tertiary/aromatic N) is 3. The van der Waals surface area contributed by atoms with Crippen molar-refractivity contribution in [2.45, 2.75) is 6.61 Å². The molecule has 66 valence electrons. The number of hydrogen-bond acceptors (Lipinski definition) is 4. The van der Waals surface area contributed by atoms with Crippen LogP contribution in [-0.4, -0.2) is 19.6 Å². The van der Waals surface area contributed by atoms with Crippen molar-refractivity contribution in [3.05, 3.63) is 20.5 Å². The minimum absolute atomic E-state index is 0.138. The predicted molar refractivity (Wildman–Crippen MR) is 43.5 cm³/mol. The molecule has 1 rings (SSSR count). The van der Waals surface area contributed by atoms with Gasteiger partial charge >= 0.3 is 5.82 Å². The maximum absolute atomic E-state index is 10.4. The Bertz CT molecular complexity index is 322. The highest BCUT2D eigenvalue weighted by atomic mass is 79.9. The van der Waals surface area contributed by atoms with Crippen LogP contribution in [0.25, 0.3) is 0 Å². The minimum atomic E-state index is -0.559. The van der Waals surface area contributed by atoms with E-state index in [1.165, 1.54) is 11.6 Å². The van der Waals surface area contributed by atoms with Crippen molar-refractivity contribution < 1.29 is 10.0 Å². The zero-order valence-corrected chi connectivity index (χ0v) is 7.78. The molecule has 0 bridgehead atoms. The smallest absolute Gasteiger partial charge is 0.357 e. The van der Waals surface area contributed by atoms with Gasteiger partial charge in [0.1, 0.15) is 6.61 Å². The highest BCUT2D eigenvalue weighted by molar-refractivity contribution is 9.10. The van der Waals surface area contributed by atoms with Gasteiger partial charge in [0.2, 0.25) is 10.4 Å². The van der Waals surface area contributed by atoms with E-state index in [1.807, 2.05) is 0 Å². The molecule has 0 aliphatic carbocycles. The molecule has 1 aromatic heterocycles. The highest BCUT2D eigenvalue weighted by Gasteiger charge is 2.21. The van der Waals surface area contributed by atoms with Gasteiger partial charge in [0.25, 0.3) is 0 Å². The number of aromatic nitrogens is 2. The second-order valence-electron chi connectivity index (χ2n) is 2.12. The largest absolute Gasteiger partial charge is 0.386 e. The second-order valence-corrected chi connectivity index (χ2v) is 2.87. The monoisotopic (exact) mass is 235 g/mol. The van der Waals surface area contributed by atoms with Crippen molar-refractivity contribution in [2.75, 3.05) is 0 Å². The summed E-state index contributed by atoms with van der Waals surface area (Å²) in [5.41, 5.74) is 0. The number of aliphatic hydroxyl groups is 1. The van der Waals surface area contributed by atoms with Gasteiger partial charge in [-0.3, -0.25) is 0 Å². The summed E-state index contributed by atoms with van der Waals surface area (Å²) >= 11 is 2.92. The Labute approximate surface area is 76.1 Å². The van der Waals surface area contributed by atoms with E-state index in [1.54, 1.807) is 0 Å². The number of aliphatic hydroxyl groups excluding tert-OH is 1. The van der Waals surface area contributed by atoms with Crippen molar-refractivity contribution in [3.8, 4) is 0 Å². The molecule has 1 N–H and O–H groups in total. The predicted octanol–water partition coefficient (Wildman–Crippen LogP) is 0.583. The molecule has 0 saturated carbocycles. The number of imidazole rings is 1. The minimum Gasteiger partial charge on any atom is -0.386 e. The summed E-state index contributed by atoms with van der Waals surface area (Å²) < 4.78 is 1.36. The van der Waals surface area contributed by atoms with Gasteiger partial charge in [0.05, 0.1) is 7.05 Å². The first-order chi connectivity index (χ1) is 5.57. The lowest BCUT2D eigenvalue weighted by Crippen LogP contribution is -2.01. The standard InChI is InChI=1S/C5H6BrN3O3/c1-8-3(2-10)7-4(6)5(8)9(11)12/h10H,2H2,1H3. The summed E-state index contributed by atoms with van der Waals surface area (Å²) in [5.74, 6) is 0.104. The average molecular weight is 236 g/mol. The van der Waals surface area contributed by atoms with Gasteiger partial charge < -0.3 is 15.2 Å². The lowest BCUT2D eigenvalue weighted by molar-refractivity contribution is -0.392. The van der Waals surface area contributed by atoms with E-state index < -0.39 is 4.92 Å². The topological polar surface area (TPSA) is 81.2 Å². The third-order valence-corrected chi connectivity index (χ3v) is 1.96. The van der Waals surface area contributed by atoms with Gasteiger partial charge in [-0.1, -0.05) is 0 Å². The van der Waals surface area contributed by atoms with Gasteiger partial charge in [0, 0.05) is 0 Å². The molecule has 0 saturated heterocycles. The fraction of sp³-hybridized carbons (Fsp3) is 0.400. The van der Waals surface area contributed by atoms with Crippen LogP contribution in [0.15, 0.2) is 4.60 Å². The molecular weight excluding hydrogens is 230 g/mol. The maximum Gasteiger partial charge on any atom is 0.357 e. The van der Waals surface area contributed by atoms with Gasteiger partial charge in [0.15, 0.2) is 0 Å². The Morgan fingerprint density at radius 1 is 1.83 bits per heavy atom. The van der Waals surface area contributed by atoms with Crippen molar-refractivity contribution in [3.63, 3.8) is 0 Å². The molecule has 0 fully saturated rings. The Hall–Kier alpha value is -0.950. The Morgan fingerprint density at radius 2 is 2.42 bits per heavy atom. The number of hydrogen-bond donors (Lipinski definition) is 1. The third-order valence-electron chi connectivity index (χ3n) is 1.43. The molecule has 0 atom stereocenters. The molecule has 7 heteroatoms. The van der Waals surface area contributed by atoms with E-state index in [0.29, 0.717) is 0 Å². The Balaban J connectivity index is 3.28. The van der Waals surface area contributed by atoms with Crippen molar-refractivity contribution >= 4 is 21.7 Å². The van der Waals surface area contributed by atoms with Crippen molar-refractivity contribution in [2.24, 2.45) is 7.05 Å². The molecule has 12 heavy (non-hydrogen) atoms. The first-order valence-electron chi connectivity index (χ1n) is 3.04. The zero-order valence-electron chi connectivity index (χ0n) is 6.19. The van der Waals surface area contributed by atoms with Crippen LogP contribution in [0.5, 0.6) is 0 Å². The van der Waals surface area contributed by atoms with Crippen LogP contribution < -0.4 is 0 Å². The zero-order chi connectivity index (χ0) is 9.30. The van der Waals surface area contributed by atoms with Gasteiger partial charge in [-0.25, -0.2) is 4.57 Å². The Kier molecular flexibility index (Phi) is 2.43. The first kappa shape index (κ1) is 9.14. The quantitative estimate of drug-likeness (QED) is 0.601. The van der Waals surface area contributed by atoms with Crippen LogP contribution in [0.2, 0.25) is 0 Å². The highest BCUT2D eigenvalue weighted by Crippen LogP contribution is 2.24. The summed E-state index contributed by atoms with van der Waals surface area (Å²) in [6.45, 7) is -0.317. The summed E-state index contributed by atoms with van der Waals surface area (Å²) in [4.78, 5) is 13.6. The summed E-state index contributed by atoms with van der Waals surface area (Å²) in [7, 11) is 1.47. The van der Waals surface area contributed by atoms with Gasteiger partial charge in [-0.05, 0) is 20.9 Å². The van der Waals surface area contributed by atoms with Crippen molar-refractivity contribution in [1.82, 2.24) is 9.55 Å². The maximum atomic E-state index is 10.4. The lowest BCUT2D eigenvalue weighted by Gasteiger charge is -1.94. The lowest BCUT2D eigenvalue weighted by atomic mass is 10.6. The van der Waals surface area contributed by atoms with Crippen LogP contribution in [0, 0.1) is 10.1 Å². The first-order valence-corrected chi connectivity index (χ1v) is 3.83. The number of halogens is 1. The van der Waals surface area contributed by atoms with Crippen LogP contribution in [-0.2, 0) is 13.7 Å². The van der Waals surface area contributed by atoms with Crippen LogP contribution in [0.1, 0.15) is 5.82 Å². The number of nitro groups is 1. The summed E-state index contributed by atoms with van der Waals surface area (Å²) in [5, 5.41) is 19.1. The van der Waals surface area contributed by atoms with E-state index in [0.717, 1.165) is 0 Å². The molecule has 6 nitrogen and oxygen atoms in total. The molecular formula is C5H6BrN3O3. The van der Waals surface area contributed by atoms with Crippen LogP contribution >= 0.6 is 15.9 Å². The van der Waals surface area contributed by atoms with E-state index in [-0.39, 0.29) is 22.9 Å². The second kappa shape index (κ2) is 3.20. The molecule has 1 heterocycles. The van der Waals surface area contributed by atoms with E-state index >= 15 is 0 Å². The molecule has 0 spiro atoms. The summed E-state index contributed by atoms with van der Waals surface area (Å²) in [6, 6.07) is 0. The molecule has 0 unspecified atom stereocenters. The molecule has 0 aliphatic rings. The van der Waals surface area contributed by atoms with E-state index in [2.05, 4.69) is 20.9 Å². The van der Waals surface area contributed by atoms with Gasteiger partial charge in [-0.15, -0.1) is 0 Å². The Morgan fingerprint density at radius 3 is 2.67 bits per heavy atom. The van der Waals surface area contributed by atoms with Crippen LogP contribution in [0.4, 0.5) is 5.82 Å². The van der Waals surface area contributed by atoms with E-state index in [9.17, 15) is 10.1 Å². The fourth-order valence-corrected chi connectivity index (χ4v) is 1.45. The molecule has 0 radical (unpaired) electrons.